The fraction of sp³-hybridized carbons (Fsp3) is 0.455. The normalized spacial score (nSPS) is 11.6. The van der Waals surface area contributed by atoms with Crippen LogP contribution < -0.4 is 10.0 Å². The van der Waals surface area contributed by atoms with Gasteiger partial charge < -0.3 is 10.2 Å². The SMILES string of the molecule is CNc1cc([N+](=O)[O-])ccc1S(=O)(=O)NCCN(C)C. The molecule has 112 valence electrons. The molecule has 0 aliphatic rings. The van der Waals surface area contributed by atoms with E-state index in [1.54, 1.807) is 0 Å². The number of likely N-dealkylation sites (N-methyl/N-ethyl adjacent to an activating group) is 1. The Morgan fingerprint density at radius 3 is 2.50 bits per heavy atom. The van der Waals surface area contributed by atoms with Gasteiger partial charge in [-0.3, -0.25) is 10.1 Å². The van der Waals surface area contributed by atoms with Gasteiger partial charge in [0.2, 0.25) is 10.0 Å². The fourth-order valence-electron chi connectivity index (χ4n) is 1.54. The van der Waals surface area contributed by atoms with Gasteiger partial charge in [0.15, 0.2) is 0 Å². The Kier molecular flexibility index (Phi) is 5.43. The van der Waals surface area contributed by atoms with E-state index >= 15 is 0 Å². The lowest BCUT2D eigenvalue weighted by Crippen LogP contribution is -2.31. The predicted molar refractivity (Wildman–Crippen MR) is 76.4 cm³/mol. The number of nitro groups is 1. The molecule has 0 bridgehead atoms. The number of anilines is 1. The van der Waals surface area contributed by atoms with Gasteiger partial charge in [-0.25, -0.2) is 13.1 Å². The van der Waals surface area contributed by atoms with Crippen molar-refractivity contribution in [3.63, 3.8) is 0 Å². The van der Waals surface area contributed by atoms with Crippen molar-refractivity contribution in [1.82, 2.24) is 9.62 Å². The minimum absolute atomic E-state index is 0.00986. The second-order valence-electron chi connectivity index (χ2n) is 4.39. The molecule has 0 amide bonds. The zero-order valence-electron chi connectivity index (χ0n) is 11.6. The number of sulfonamides is 1. The molecular weight excluding hydrogens is 284 g/mol. The third-order valence-corrected chi connectivity index (χ3v) is 4.10. The largest absolute Gasteiger partial charge is 0.387 e. The summed E-state index contributed by atoms with van der Waals surface area (Å²) in [6.45, 7) is 0.816. The highest BCUT2D eigenvalue weighted by molar-refractivity contribution is 7.89. The van der Waals surface area contributed by atoms with Crippen molar-refractivity contribution in [3.8, 4) is 0 Å². The zero-order valence-corrected chi connectivity index (χ0v) is 12.4. The van der Waals surface area contributed by atoms with Crippen molar-refractivity contribution in [3.05, 3.63) is 28.3 Å². The lowest BCUT2D eigenvalue weighted by molar-refractivity contribution is -0.384. The first kappa shape index (κ1) is 16.3. The number of non-ortho nitro benzene ring substituents is 1. The number of hydrogen-bond acceptors (Lipinski definition) is 6. The molecule has 1 aromatic rings. The van der Waals surface area contributed by atoms with Crippen LogP contribution in [0.1, 0.15) is 0 Å². The van der Waals surface area contributed by atoms with Crippen LogP contribution >= 0.6 is 0 Å². The van der Waals surface area contributed by atoms with E-state index in [-0.39, 0.29) is 22.8 Å². The predicted octanol–water partition coefficient (Wildman–Crippen LogP) is 0.476. The lowest BCUT2D eigenvalue weighted by Gasteiger charge is -2.13. The maximum Gasteiger partial charge on any atom is 0.271 e. The van der Waals surface area contributed by atoms with Crippen molar-refractivity contribution >= 4 is 21.4 Å². The van der Waals surface area contributed by atoms with E-state index in [4.69, 9.17) is 0 Å². The molecule has 0 heterocycles. The molecule has 2 N–H and O–H groups in total. The highest BCUT2D eigenvalue weighted by Gasteiger charge is 2.20. The van der Waals surface area contributed by atoms with Crippen LogP contribution in [0.15, 0.2) is 23.1 Å². The molecule has 1 aromatic carbocycles. The number of nitrogens with one attached hydrogen (secondary N) is 2. The second kappa shape index (κ2) is 6.64. The molecule has 8 nitrogen and oxygen atoms in total. The third kappa shape index (κ3) is 4.15. The average Bonchev–Trinajstić information content (AvgIpc) is 2.37. The molecule has 0 aliphatic heterocycles. The first-order chi connectivity index (χ1) is 9.27. The van der Waals surface area contributed by atoms with Crippen LogP contribution in [0.25, 0.3) is 0 Å². The van der Waals surface area contributed by atoms with E-state index in [1.165, 1.54) is 25.2 Å². The topological polar surface area (TPSA) is 105 Å². The van der Waals surface area contributed by atoms with Crippen LogP contribution in [0.4, 0.5) is 11.4 Å². The summed E-state index contributed by atoms with van der Waals surface area (Å²) in [7, 11) is 1.47. The Morgan fingerprint density at radius 1 is 1.35 bits per heavy atom. The summed E-state index contributed by atoms with van der Waals surface area (Å²) in [5.74, 6) is 0. The van der Waals surface area contributed by atoms with Crippen LogP contribution in [-0.4, -0.2) is 52.5 Å². The molecule has 0 spiro atoms. The van der Waals surface area contributed by atoms with E-state index < -0.39 is 14.9 Å². The van der Waals surface area contributed by atoms with Crippen LogP contribution in [0.5, 0.6) is 0 Å². The maximum absolute atomic E-state index is 12.1. The summed E-state index contributed by atoms with van der Waals surface area (Å²) in [5.41, 5.74) is 0.0261. The third-order valence-electron chi connectivity index (χ3n) is 2.58. The molecule has 0 aliphatic carbocycles. The summed E-state index contributed by atoms with van der Waals surface area (Å²) in [4.78, 5) is 11.9. The van der Waals surface area contributed by atoms with Crippen molar-refractivity contribution in [2.45, 2.75) is 4.90 Å². The van der Waals surface area contributed by atoms with Crippen LogP contribution in [0.2, 0.25) is 0 Å². The molecule has 0 atom stereocenters. The van der Waals surface area contributed by atoms with Gasteiger partial charge in [0.05, 0.1) is 10.6 Å². The minimum atomic E-state index is -3.70. The molecule has 0 radical (unpaired) electrons. The van der Waals surface area contributed by atoms with E-state index in [0.29, 0.717) is 6.54 Å². The Hall–Kier alpha value is -1.71. The summed E-state index contributed by atoms with van der Waals surface area (Å²) in [6, 6.07) is 3.59. The van der Waals surface area contributed by atoms with Crippen molar-refractivity contribution < 1.29 is 13.3 Å². The van der Waals surface area contributed by atoms with Gasteiger partial charge in [0.1, 0.15) is 4.90 Å². The molecule has 0 fully saturated rings. The van der Waals surface area contributed by atoms with Crippen LogP contribution in [0, 0.1) is 10.1 Å². The Balaban J connectivity index is 3.02. The van der Waals surface area contributed by atoms with Gasteiger partial charge in [-0.2, -0.15) is 0 Å². The van der Waals surface area contributed by atoms with Crippen molar-refractivity contribution in [1.29, 1.82) is 0 Å². The molecule has 1 rings (SSSR count). The molecular formula is C11H18N4O4S. The summed E-state index contributed by atoms with van der Waals surface area (Å²) < 4.78 is 26.7. The maximum atomic E-state index is 12.1. The molecule has 0 unspecified atom stereocenters. The van der Waals surface area contributed by atoms with Gasteiger partial charge in [-0.1, -0.05) is 0 Å². The van der Waals surface area contributed by atoms with Gasteiger partial charge in [-0.15, -0.1) is 0 Å². The number of nitrogens with zero attached hydrogens (tertiary/aromatic N) is 2. The molecule has 0 saturated heterocycles. The quantitative estimate of drug-likeness (QED) is 0.560. The smallest absolute Gasteiger partial charge is 0.271 e. The standard InChI is InChI=1S/C11H18N4O4S/c1-12-10-8-9(15(16)17)4-5-11(10)20(18,19)13-6-7-14(2)3/h4-5,8,12-13H,6-7H2,1-3H3. The summed E-state index contributed by atoms with van der Waals surface area (Å²) in [5, 5.41) is 13.3. The number of nitro benzene ring substituents is 1. The van der Waals surface area contributed by atoms with Crippen molar-refractivity contribution in [2.24, 2.45) is 0 Å². The van der Waals surface area contributed by atoms with Gasteiger partial charge in [-0.05, 0) is 20.2 Å². The lowest BCUT2D eigenvalue weighted by atomic mass is 10.3. The Morgan fingerprint density at radius 2 is 2.00 bits per heavy atom. The van der Waals surface area contributed by atoms with Gasteiger partial charge in [0.25, 0.3) is 5.69 Å². The Bertz CT molecular complexity index is 586. The van der Waals surface area contributed by atoms with Crippen LogP contribution in [0.3, 0.4) is 0 Å². The highest BCUT2D eigenvalue weighted by atomic mass is 32.2. The summed E-state index contributed by atoms with van der Waals surface area (Å²) in [6.07, 6.45) is 0. The average molecular weight is 302 g/mol. The fourth-order valence-corrected chi connectivity index (χ4v) is 2.76. The number of hydrogen-bond donors (Lipinski definition) is 2. The minimum Gasteiger partial charge on any atom is -0.387 e. The molecule has 0 aromatic heterocycles. The monoisotopic (exact) mass is 302 g/mol. The first-order valence-corrected chi connectivity index (χ1v) is 7.37. The first-order valence-electron chi connectivity index (χ1n) is 5.88. The van der Waals surface area contributed by atoms with E-state index in [1.807, 2.05) is 19.0 Å². The van der Waals surface area contributed by atoms with Gasteiger partial charge >= 0.3 is 0 Å². The molecule has 9 heteroatoms. The molecule has 20 heavy (non-hydrogen) atoms. The number of benzene rings is 1. The zero-order chi connectivity index (χ0) is 15.3. The Labute approximate surface area is 118 Å². The second-order valence-corrected chi connectivity index (χ2v) is 6.12. The van der Waals surface area contributed by atoms with Crippen molar-refractivity contribution in [2.75, 3.05) is 39.5 Å². The van der Waals surface area contributed by atoms with Gasteiger partial charge in [0, 0.05) is 32.3 Å². The molecule has 0 saturated carbocycles. The van der Waals surface area contributed by atoms with E-state index in [2.05, 4.69) is 10.0 Å². The van der Waals surface area contributed by atoms with E-state index in [9.17, 15) is 18.5 Å². The van der Waals surface area contributed by atoms with Crippen LogP contribution in [-0.2, 0) is 10.0 Å². The number of rotatable bonds is 7. The highest BCUT2D eigenvalue weighted by Crippen LogP contribution is 2.25. The van der Waals surface area contributed by atoms with E-state index in [0.717, 1.165) is 0 Å². The summed E-state index contributed by atoms with van der Waals surface area (Å²) >= 11 is 0.